The van der Waals surface area contributed by atoms with Gasteiger partial charge in [-0.25, -0.2) is 0 Å². The third kappa shape index (κ3) is 2.24. The van der Waals surface area contributed by atoms with Crippen molar-refractivity contribution in [2.45, 2.75) is 0 Å². The molecule has 0 aliphatic carbocycles. The van der Waals surface area contributed by atoms with Crippen LogP contribution in [0, 0.1) is 0 Å². The van der Waals surface area contributed by atoms with Crippen LogP contribution in [-0.4, -0.2) is 24.8 Å². The first-order valence-electron chi connectivity index (χ1n) is 6.20. The maximum Gasteiger partial charge on any atom is 0.235 e. The van der Waals surface area contributed by atoms with Crippen molar-refractivity contribution in [1.29, 1.82) is 0 Å². The number of halogens is 1. The summed E-state index contributed by atoms with van der Waals surface area (Å²) in [6.07, 6.45) is 3.47. The Morgan fingerprint density at radius 2 is 1.86 bits per heavy atom. The van der Waals surface area contributed by atoms with Crippen LogP contribution in [0.2, 0.25) is 0 Å². The van der Waals surface area contributed by atoms with Gasteiger partial charge in [0.25, 0.3) is 0 Å². The van der Waals surface area contributed by atoms with Gasteiger partial charge in [-0.3, -0.25) is 4.98 Å². The van der Waals surface area contributed by atoms with Gasteiger partial charge in [-0.15, -0.1) is 10.2 Å². The minimum absolute atomic E-state index is 0.727. The molecule has 0 spiro atoms. The van der Waals surface area contributed by atoms with E-state index in [-0.39, 0.29) is 0 Å². The second-order valence-corrected chi connectivity index (χ2v) is 6.24. The number of nitrogens with zero attached hydrogens (tertiary/aromatic N) is 5. The fraction of sp³-hybridized carbons (Fsp3) is 0. The lowest BCUT2D eigenvalue weighted by Crippen LogP contribution is -1.91. The van der Waals surface area contributed by atoms with Crippen LogP contribution in [0.25, 0.3) is 26.9 Å². The number of hydrogen-bond donors (Lipinski definition) is 0. The largest absolute Gasteiger partial charge is 0.265 e. The lowest BCUT2D eigenvalue weighted by Gasteiger charge is -1.97. The molecule has 3 aromatic heterocycles. The van der Waals surface area contributed by atoms with Crippen molar-refractivity contribution >= 4 is 32.2 Å². The Labute approximate surface area is 132 Å². The van der Waals surface area contributed by atoms with E-state index in [2.05, 4.69) is 36.2 Å². The van der Waals surface area contributed by atoms with E-state index in [1.54, 1.807) is 16.9 Å². The molecule has 0 saturated heterocycles. The number of benzene rings is 1. The van der Waals surface area contributed by atoms with Gasteiger partial charge in [0, 0.05) is 28.0 Å². The van der Waals surface area contributed by atoms with Crippen LogP contribution in [0.15, 0.2) is 53.3 Å². The van der Waals surface area contributed by atoms with E-state index >= 15 is 0 Å². The molecular formula is C14H8BrN5S. The molecular weight excluding hydrogens is 350 g/mol. The van der Waals surface area contributed by atoms with Crippen molar-refractivity contribution < 1.29 is 0 Å². The third-order valence-corrected chi connectivity index (χ3v) is 4.44. The summed E-state index contributed by atoms with van der Waals surface area (Å²) in [5, 5.41) is 13.9. The maximum absolute atomic E-state index is 4.63. The summed E-state index contributed by atoms with van der Waals surface area (Å²) in [7, 11) is 0. The van der Waals surface area contributed by atoms with E-state index in [0.29, 0.717) is 0 Å². The molecule has 0 aliphatic heterocycles. The SMILES string of the molecule is Brc1cccc(-c2nn3c(-c4ccncc4)nnc3s2)c1. The van der Waals surface area contributed by atoms with Crippen molar-refractivity contribution in [1.82, 2.24) is 24.8 Å². The molecule has 21 heavy (non-hydrogen) atoms. The number of fused-ring (bicyclic) bond motifs is 1. The summed E-state index contributed by atoms with van der Waals surface area (Å²) in [6.45, 7) is 0. The summed E-state index contributed by atoms with van der Waals surface area (Å²) < 4.78 is 2.80. The third-order valence-electron chi connectivity index (χ3n) is 3.00. The van der Waals surface area contributed by atoms with Gasteiger partial charge in [-0.2, -0.15) is 9.61 Å². The smallest absolute Gasteiger partial charge is 0.235 e. The molecule has 1 aromatic carbocycles. The maximum atomic E-state index is 4.63. The van der Waals surface area contributed by atoms with Gasteiger partial charge in [0.2, 0.25) is 4.96 Å². The summed E-state index contributed by atoms with van der Waals surface area (Å²) in [6, 6.07) is 11.8. The number of hydrogen-bond acceptors (Lipinski definition) is 5. The summed E-state index contributed by atoms with van der Waals surface area (Å²) >= 11 is 5.00. The van der Waals surface area contributed by atoms with E-state index < -0.39 is 0 Å². The molecule has 0 saturated carbocycles. The van der Waals surface area contributed by atoms with Crippen LogP contribution in [0.4, 0.5) is 0 Å². The van der Waals surface area contributed by atoms with Crippen molar-refractivity contribution in [3.63, 3.8) is 0 Å². The predicted octanol–water partition coefficient (Wildman–Crippen LogP) is 3.68. The molecule has 102 valence electrons. The van der Waals surface area contributed by atoms with Crippen molar-refractivity contribution in [3.05, 3.63) is 53.3 Å². The van der Waals surface area contributed by atoms with Gasteiger partial charge in [-0.1, -0.05) is 39.4 Å². The van der Waals surface area contributed by atoms with Gasteiger partial charge in [0.1, 0.15) is 5.01 Å². The summed E-state index contributed by atoms with van der Waals surface area (Å²) in [5.41, 5.74) is 2.00. The Hall–Kier alpha value is -2.12. The number of pyridine rings is 1. The first kappa shape index (κ1) is 12.6. The Bertz CT molecular complexity index is 915. The van der Waals surface area contributed by atoms with Gasteiger partial charge in [-0.05, 0) is 24.3 Å². The normalized spacial score (nSPS) is 11.1. The minimum atomic E-state index is 0.727. The molecule has 0 fully saturated rings. The zero-order chi connectivity index (χ0) is 14.2. The van der Waals surface area contributed by atoms with Gasteiger partial charge in [0.05, 0.1) is 0 Å². The molecule has 0 N–H and O–H groups in total. The minimum Gasteiger partial charge on any atom is -0.265 e. The zero-order valence-electron chi connectivity index (χ0n) is 10.6. The van der Waals surface area contributed by atoms with Crippen LogP contribution < -0.4 is 0 Å². The van der Waals surface area contributed by atoms with Gasteiger partial charge >= 0.3 is 0 Å². The highest BCUT2D eigenvalue weighted by molar-refractivity contribution is 9.10. The molecule has 0 aliphatic rings. The van der Waals surface area contributed by atoms with E-state index in [1.807, 2.05) is 36.4 Å². The van der Waals surface area contributed by atoms with Crippen LogP contribution >= 0.6 is 27.3 Å². The molecule has 0 atom stereocenters. The van der Waals surface area contributed by atoms with Crippen LogP contribution in [0.5, 0.6) is 0 Å². The molecule has 7 heteroatoms. The number of aromatic nitrogens is 5. The van der Waals surface area contributed by atoms with Crippen LogP contribution in [0.3, 0.4) is 0 Å². The van der Waals surface area contributed by atoms with Crippen molar-refractivity contribution in [2.24, 2.45) is 0 Å². The van der Waals surface area contributed by atoms with E-state index in [9.17, 15) is 0 Å². The zero-order valence-corrected chi connectivity index (χ0v) is 13.0. The number of rotatable bonds is 2. The Morgan fingerprint density at radius 3 is 2.67 bits per heavy atom. The molecule has 0 unspecified atom stereocenters. The monoisotopic (exact) mass is 357 g/mol. The highest BCUT2D eigenvalue weighted by Gasteiger charge is 2.14. The Balaban J connectivity index is 1.87. The predicted molar refractivity (Wildman–Crippen MR) is 85.0 cm³/mol. The summed E-state index contributed by atoms with van der Waals surface area (Å²) in [4.78, 5) is 4.79. The van der Waals surface area contributed by atoms with E-state index in [0.717, 1.165) is 31.4 Å². The molecule has 5 nitrogen and oxygen atoms in total. The standard InChI is InChI=1S/C14H8BrN5S/c15-11-3-1-2-10(8-11)13-19-20-12(17-18-14(20)21-13)9-4-6-16-7-5-9/h1-8H. The molecule has 0 amide bonds. The van der Waals surface area contributed by atoms with Crippen molar-refractivity contribution in [2.75, 3.05) is 0 Å². The lowest BCUT2D eigenvalue weighted by molar-refractivity contribution is 0.970. The van der Waals surface area contributed by atoms with E-state index in [1.165, 1.54) is 11.3 Å². The molecule has 4 rings (SSSR count). The molecule has 0 bridgehead atoms. The van der Waals surface area contributed by atoms with Crippen LogP contribution in [0.1, 0.15) is 0 Å². The van der Waals surface area contributed by atoms with Gasteiger partial charge in [0.15, 0.2) is 5.82 Å². The molecule has 4 aromatic rings. The highest BCUT2D eigenvalue weighted by Crippen LogP contribution is 2.29. The Kier molecular flexibility index (Phi) is 3.01. The second kappa shape index (κ2) is 5.01. The first-order valence-corrected chi connectivity index (χ1v) is 7.81. The lowest BCUT2D eigenvalue weighted by atomic mass is 10.2. The first-order chi connectivity index (χ1) is 10.3. The quantitative estimate of drug-likeness (QED) is 0.549. The molecule has 0 radical (unpaired) electrons. The fourth-order valence-corrected chi connectivity index (χ4v) is 3.27. The second-order valence-electron chi connectivity index (χ2n) is 4.37. The molecule has 3 heterocycles. The fourth-order valence-electron chi connectivity index (χ4n) is 2.04. The topological polar surface area (TPSA) is 56.0 Å². The Morgan fingerprint density at radius 1 is 1.00 bits per heavy atom. The van der Waals surface area contributed by atoms with Gasteiger partial charge < -0.3 is 0 Å². The van der Waals surface area contributed by atoms with Crippen molar-refractivity contribution in [3.8, 4) is 22.0 Å². The van der Waals surface area contributed by atoms with E-state index in [4.69, 9.17) is 0 Å². The van der Waals surface area contributed by atoms with Crippen LogP contribution in [-0.2, 0) is 0 Å². The summed E-state index contributed by atoms with van der Waals surface area (Å²) in [5.74, 6) is 0.727. The average Bonchev–Trinajstić information content (AvgIpc) is 3.08. The highest BCUT2D eigenvalue weighted by atomic mass is 79.9. The average molecular weight is 358 g/mol.